The van der Waals surface area contributed by atoms with Gasteiger partial charge in [0.1, 0.15) is 0 Å². The minimum Gasteiger partial charge on any atom is -0.379 e. The SMILES string of the molecule is C=CCSc1ccccc1C(=O)NCc1ccc(CN2CCOCC2)cc1. The van der Waals surface area contributed by atoms with Crippen molar-refractivity contribution in [3.8, 4) is 0 Å². The average Bonchev–Trinajstić information content (AvgIpc) is 2.72. The van der Waals surface area contributed by atoms with Crippen LogP contribution in [0.2, 0.25) is 0 Å². The molecule has 0 spiro atoms. The highest BCUT2D eigenvalue weighted by molar-refractivity contribution is 7.99. The van der Waals surface area contributed by atoms with Crippen molar-refractivity contribution in [2.45, 2.75) is 18.0 Å². The quantitative estimate of drug-likeness (QED) is 0.558. The smallest absolute Gasteiger partial charge is 0.252 e. The van der Waals surface area contributed by atoms with Gasteiger partial charge in [-0.2, -0.15) is 0 Å². The lowest BCUT2D eigenvalue weighted by atomic mass is 10.1. The highest BCUT2D eigenvalue weighted by Crippen LogP contribution is 2.22. The van der Waals surface area contributed by atoms with Gasteiger partial charge in [0.2, 0.25) is 0 Å². The number of carbonyl (C=O) groups excluding carboxylic acids is 1. The molecule has 1 aliphatic heterocycles. The third kappa shape index (κ3) is 5.96. The van der Waals surface area contributed by atoms with Crippen LogP contribution in [0.4, 0.5) is 0 Å². The average molecular weight is 383 g/mol. The van der Waals surface area contributed by atoms with E-state index in [4.69, 9.17) is 4.74 Å². The highest BCUT2D eigenvalue weighted by atomic mass is 32.2. The number of hydrogen-bond donors (Lipinski definition) is 1. The summed E-state index contributed by atoms with van der Waals surface area (Å²) in [7, 11) is 0. The Bertz CT molecular complexity index is 755. The fourth-order valence-corrected chi connectivity index (χ4v) is 3.77. The van der Waals surface area contributed by atoms with E-state index in [1.807, 2.05) is 30.3 Å². The second kappa shape index (κ2) is 10.3. The number of thioether (sulfide) groups is 1. The Morgan fingerprint density at radius 1 is 1.11 bits per heavy atom. The summed E-state index contributed by atoms with van der Waals surface area (Å²) in [6.45, 7) is 8.82. The summed E-state index contributed by atoms with van der Waals surface area (Å²) >= 11 is 1.62. The van der Waals surface area contributed by atoms with Gasteiger partial charge in [0.15, 0.2) is 0 Å². The van der Waals surface area contributed by atoms with E-state index < -0.39 is 0 Å². The summed E-state index contributed by atoms with van der Waals surface area (Å²) < 4.78 is 5.39. The number of nitrogens with one attached hydrogen (secondary N) is 1. The van der Waals surface area contributed by atoms with Crippen LogP contribution in [0.25, 0.3) is 0 Å². The van der Waals surface area contributed by atoms with Crippen LogP contribution < -0.4 is 5.32 Å². The Hall–Kier alpha value is -2.08. The monoisotopic (exact) mass is 382 g/mol. The largest absolute Gasteiger partial charge is 0.379 e. The van der Waals surface area contributed by atoms with Gasteiger partial charge in [0.05, 0.1) is 18.8 Å². The molecule has 3 rings (SSSR count). The van der Waals surface area contributed by atoms with Crippen molar-refractivity contribution in [1.82, 2.24) is 10.2 Å². The number of nitrogens with zero attached hydrogens (tertiary/aromatic N) is 1. The highest BCUT2D eigenvalue weighted by Gasteiger charge is 2.12. The van der Waals surface area contributed by atoms with Crippen molar-refractivity contribution in [2.75, 3.05) is 32.1 Å². The maximum atomic E-state index is 12.6. The summed E-state index contributed by atoms with van der Waals surface area (Å²) in [6.07, 6.45) is 1.85. The van der Waals surface area contributed by atoms with Gasteiger partial charge >= 0.3 is 0 Å². The summed E-state index contributed by atoms with van der Waals surface area (Å²) in [5.74, 6) is 0.745. The number of amides is 1. The molecule has 0 bridgehead atoms. The molecule has 27 heavy (non-hydrogen) atoms. The van der Waals surface area contributed by atoms with Crippen molar-refractivity contribution in [2.24, 2.45) is 0 Å². The van der Waals surface area contributed by atoms with E-state index in [1.165, 1.54) is 5.56 Å². The topological polar surface area (TPSA) is 41.6 Å². The van der Waals surface area contributed by atoms with Gasteiger partial charge in [-0.1, -0.05) is 42.5 Å². The van der Waals surface area contributed by atoms with Crippen molar-refractivity contribution in [3.63, 3.8) is 0 Å². The van der Waals surface area contributed by atoms with E-state index in [1.54, 1.807) is 11.8 Å². The molecule has 0 saturated carbocycles. The first-order chi connectivity index (χ1) is 13.3. The molecule has 0 atom stereocenters. The first kappa shape index (κ1) is 19.7. The van der Waals surface area contributed by atoms with Gasteiger partial charge in [-0.25, -0.2) is 0 Å². The second-order valence-electron chi connectivity index (χ2n) is 6.48. The first-order valence-corrected chi connectivity index (χ1v) is 10.2. The Morgan fingerprint density at radius 2 is 1.81 bits per heavy atom. The van der Waals surface area contributed by atoms with Gasteiger partial charge in [0.25, 0.3) is 5.91 Å². The lowest BCUT2D eigenvalue weighted by Crippen LogP contribution is -2.35. The molecule has 2 aromatic carbocycles. The van der Waals surface area contributed by atoms with Gasteiger partial charge in [-0.05, 0) is 23.3 Å². The third-order valence-corrected chi connectivity index (χ3v) is 5.54. The number of hydrogen-bond acceptors (Lipinski definition) is 4. The Kier molecular flexibility index (Phi) is 7.51. The van der Waals surface area contributed by atoms with Crippen molar-refractivity contribution in [3.05, 3.63) is 77.9 Å². The zero-order chi connectivity index (χ0) is 18.9. The molecule has 1 N–H and O–H groups in total. The molecule has 142 valence electrons. The van der Waals surface area contributed by atoms with Crippen LogP contribution in [0.3, 0.4) is 0 Å². The number of ether oxygens (including phenoxy) is 1. The molecule has 0 radical (unpaired) electrons. The lowest BCUT2D eigenvalue weighted by molar-refractivity contribution is 0.0342. The van der Waals surface area contributed by atoms with Gasteiger partial charge in [-0.15, -0.1) is 18.3 Å². The number of benzene rings is 2. The fourth-order valence-electron chi connectivity index (χ4n) is 2.99. The molecular weight excluding hydrogens is 356 g/mol. The Balaban J connectivity index is 1.53. The maximum Gasteiger partial charge on any atom is 0.252 e. The molecule has 1 saturated heterocycles. The van der Waals surface area contributed by atoms with Crippen molar-refractivity contribution < 1.29 is 9.53 Å². The van der Waals surface area contributed by atoms with Gasteiger partial charge < -0.3 is 10.1 Å². The van der Waals surface area contributed by atoms with Crippen LogP contribution in [0, 0.1) is 0 Å². The van der Waals surface area contributed by atoms with Crippen LogP contribution in [0.15, 0.2) is 66.1 Å². The standard InChI is InChI=1S/C22H26N2O2S/c1-2-15-27-21-6-4-3-5-20(21)22(25)23-16-18-7-9-19(10-8-18)17-24-11-13-26-14-12-24/h2-10H,1,11-17H2,(H,23,25). The second-order valence-corrected chi connectivity index (χ2v) is 7.55. The Morgan fingerprint density at radius 3 is 2.56 bits per heavy atom. The zero-order valence-electron chi connectivity index (χ0n) is 15.5. The van der Waals surface area contributed by atoms with Crippen LogP contribution in [0.5, 0.6) is 0 Å². The van der Waals surface area contributed by atoms with E-state index in [-0.39, 0.29) is 5.91 Å². The van der Waals surface area contributed by atoms with E-state index >= 15 is 0 Å². The molecule has 1 amide bonds. The van der Waals surface area contributed by atoms with Crippen molar-refractivity contribution in [1.29, 1.82) is 0 Å². The van der Waals surface area contributed by atoms with E-state index in [0.29, 0.717) is 12.1 Å². The number of rotatable bonds is 8. The minimum absolute atomic E-state index is 0.0421. The lowest BCUT2D eigenvalue weighted by Gasteiger charge is -2.26. The normalized spacial score (nSPS) is 14.7. The summed E-state index contributed by atoms with van der Waals surface area (Å²) in [5.41, 5.74) is 3.11. The van der Waals surface area contributed by atoms with E-state index in [0.717, 1.165) is 49.1 Å². The maximum absolute atomic E-state index is 12.6. The molecule has 1 fully saturated rings. The van der Waals surface area contributed by atoms with Crippen LogP contribution in [-0.4, -0.2) is 42.9 Å². The van der Waals surface area contributed by atoms with Gasteiger partial charge in [-0.3, -0.25) is 9.69 Å². The number of morpholine rings is 1. The molecule has 2 aromatic rings. The predicted molar refractivity (Wildman–Crippen MR) is 111 cm³/mol. The number of carbonyl (C=O) groups is 1. The molecule has 4 nitrogen and oxygen atoms in total. The van der Waals surface area contributed by atoms with E-state index in [2.05, 4.69) is 41.1 Å². The van der Waals surface area contributed by atoms with E-state index in [9.17, 15) is 4.79 Å². The Labute approximate surface area is 165 Å². The molecule has 0 aromatic heterocycles. The summed E-state index contributed by atoms with van der Waals surface area (Å²) in [4.78, 5) is 15.9. The third-order valence-electron chi connectivity index (χ3n) is 4.47. The molecule has 0 aliphatic carbocycles. The molecule has 1 heterocycles. The van der Waals surface area contributed by atoms with Gasteiger partial charge in [0, 0.05) is 36.8 Å². The zero-order valence-corrected chi connectivity index (χ0v) is 16.3. The first-order valence-electron chi connectivity index (χ1n) is 9.25. The summed E-state index contributed by atoms with van der Waals surface area (Å²) in [6, 6.07) is 16.2. The van der Waals surface area contributed by atoms with Crippen LogP contribution in [0.1, 0.15) is 21.5 Å². The predicted octanol–water partition coefficient (Wildman–Crippen LogP) is 3.73. The molecular formula is C22H26N2O2S. The molecule has 0 unspecified atom stereocenters. The fraction of sp³-hybridized carbons (Fsp3) is 0.318. The van der Waals surface area contributed by atoms with Crippen molar-refractivity contribution >= 4 is 17.7 Å². The van der Waals surface area contributed by atoms with Crippen LogP contribution >= 0.6 is 11.8 Å². The molecule has 5 heteroatoms. The molecule has 1 aliphatic rings. The van der Waals surface area contributed by atoms with Crippen LogP contribution in [-0.2, 0) is 17.8 Å². The minimum atomic E-state index is -0.0421. The summed E-state index contributed by atoms with van der Waals surface area (Å²) in [5, 5.41) is 3.03.